The van der Waals surface area contributed by atoms with E-state index in [2.05, 4.69) is 25.5 Å². The maximum Gasteiger partial charge on any atom is 0.387 e. The summed E-state index contributed by atoms with van der Waals surface area (Å²) >= 11 is 8.06. The summed E-state index contributed by atoms with van der Waals surface area (Å²) < 4.78 is 29.5. The highest BCUT2D eigenvalue weighted by Crippen LogP contribution is 2.40. The van der Waals surface area contributed by atoms with Crippen molar-refractivity contribution < 1.29 is 13.5 Å². The molecule has 0 aliphatic heterocycles. The van der Waals surface area contributed by atoms with Gasteiger partial charge in [-0.1, -0.05) is 39.0 Å². The third-order valence-electron chi connectivity index (χ3n) is 3.02. The van der Waals surface area contributed by atoms with E-state index in [0.717, 1.165) is 4.88 Å². The van der Waals surface area contributed by atoms with Crippen LogP contribution in [0.2, 0.25) is 0 Å². The molecule has 1 unspecified atom stereocenters. The van der Waals surface area contributed by atoms with Crippen molar-refractivity contribution in [3.05, 3.63) is 51.7 Å². The molecule has 0 saturated heterocycles. The van der Waals surface area contributed by atoms with Gasteiger partial charge in [-0.3, -0.25) is 0 Å². The molecule has 0 amide bonds. The number of thiophene rings is 1. The number of benzene rings is 1. The van der Waals surface area contributed by atoms with Crippen LogP contribution in [0, 0.1) is 0 Å². The Bertz CT molecular complexity index is 604. The molecule has 0 bridgehead atoms. The molecule has 0 radical (unpaired) electrons. The smallest absolute Gasteiger partial charge is 0.387 e. The Morgan fingerprint density at radius 3 is 2.33 bits per heavy atom. The minimum atomic E-state index is -2.86. The summed E-state index contributed by atoms with van der Waals surface area (Å²) in [5.74, 6) is 0.123. The molecule has 1 nitrogen and oxygen atoms in total. The number of hydrogen-bond donors (Lipinski definition) is 0. The normalized spacial score (nSPS) is 13.5. The highest BCUT2D eigenvalue weighted by molar-refractivity contribution is 7.12. The van der Waals surface area contributed by atoms with E-state index < -0.39 is 12.0 Å². The maximum absolute atomic E-state index is 12.5. The van der Waals surface area contributed by atoms with Crippen molar-refractivity contribution in [2.24, 2.45) is 0 Å². The van der Waals surface area contributed by atoms with Gasteiger partial charge in [-0.25, -0.2) is 0 Å². The van der Waals surface area contributed by atoms with E-state index in [1.165, 1.54) is 10.9 Å². The van der Waals surface area contributed by atoms with Gasteiger partial charge in [-0.2, -0.15) is 8.78 Å². The SMILES string of the molecule is CC(C)(C)c1ccc(C(Cl)c2ccccc2OC(F)F)s1. The molecule has 5 heteroatoms. The molecule has 114 valence electrons. The average Bonchev–Trinajstić information content (AvgIpc) is 2.87. The van der Waals surface area contributed by atoms with Gasteiger partial charge < -0.3 is 4.74 Å². The summed E-state index contributed by atoms with van der Waals surface area (Å²) in [6.07, 6.45) is 0. The number of halogens is 3. The molecule has 0 fully saturated rings. The first-order valence-electron chi connectivity index (χ1n) is 6.57. The van der Waals surface area contributed by atoms with Crippen LogP contribution in [0.15, 0.2) is 36.4 Å². The first kappa shape index (κ1) is 16.2. The van der Waals surface area contributed by atoms with Crippen molar-refractivity contribution >= 4 is 22.9 Å². The van der Waals surface area contributed by atoms with E-state index in [1.807, 2.05) is 12.1 Å². The van der Waals surface area contributed by atoms with Crippen LogP contribution in [0.4, 0.5) is 8.78 Å². The molecule has 2 rings (SSSR count). The van der Waals surface area contributed by atoms with Crippen molar-refractivity contribution in [1.29, 1.82) is 0 Å². The van der Waals surface area contributed by atoms with Gasteiger partial charge in [0, 0.05) is 15.3 Å². The molecule has 1 heterocycles. The monoisotopic (exact) mass is 330 g/mol. The predicted octanol–water partition coefficient (Wildman–Crippen LogP) is 5.98. The van der Waals surface area contributed by atoms with Gasteiger partial charge in [-0.15, -0.1) is 22.9 Å². The van der Waals surface area contributed by atoms with Crippen molar-refractivity contribution in [2.45, 2.75) is 38.2 Å². The lowest BCUT2D eigenvalue weighted by atomic mass is 9.95. The van der Waals surface area contributed by atoms with Crippen LogP contribution in [-0.2, 0) is 5.41 Å². The van der Waals surface area contributed by atoms with Crippen molar-refractivity contribution in [2.75, 3.05) is 0 Å². The van der Waals surface area contributed by atoms with E-state index in [1.54, 1.807) is 29.5 Å². The van der Waals surface area contributed by atoms with Crippen molar-refractivity contribution in [3.63, 3.8) is 0 Å². The van der Waals surface area contributed by atoms with Crippen LogP contribution in [-0.4, -0.2) is 6.61 Å². The Labute approximate surface area is 132 Å². The van der Waals surface area contributed by atoms with E-state index in [4.69, 9.17) is 11.6 Å². The zero-order valence-electron chi connectivity index (χ0n) is 12.1. The molecule has 1 atom stereocenters. The average molecular weight is 331 g/mol. The molecule has 0 aliphatic rings. The Morgan fingerprint density at radius 1 is 1.10 bits per heavy atom. The highest BCUT2D eigenvalue weighted by Gasteiger charge is 2.22. The van der Waals surface area contributed by atoms with Gasteiger partial charge in [-0.05, 0) is 23.6 Å². The fourth-order valence-corrected chi connectivity index (χ4v) is 3.39. The van der Waals surface area contributed by atoms with Gasteiger partial charge >= 0.3 is 6.61 Å². The third-order valence-corrected chi connectivity index (χ3v) is 5.20. The van der Waals surface area contributed by atoms with Crippen LogP contribution >= 0.6 is 22.9 Å². The molecule has 1 aromatic carbocycles. The third kappa shape index (κ3) is 3.95. The highest BCUT2D eigenvalue weighted by atomic mass is 35.5. The van der Waals surface area contributed by atoms with Crippen LogP contribution in [0.25, 0.3) is 0 Å². The lowest BCUT2D eigenvalue weighted by molar-refractivity contribution is -0.0504. The number of hydrogen-bond acceptors (Lipinski definition) is 2. The van der Waals surface area contributed by atoms with Crippen LogP contribution in [0.3, 0.4) is 0 Å². The fourth-order valence-electron chi connectivity index (χ4n) is 1.94. The number of alkyl halides is 3. The van der Waals surface area contributed by atoms with Crippen LogP contribution in [0.5, 0.6) is 5.75 Å². The number of rotatable bonds is 4. The molecular formula is C16H17ClF2OS. The van der Waals surface area contributed by atoms with E-state index in [0.29, 0.717) is 5.56 Å². The van der Waals surface area contributed by atoms with Gasteiger partial charge in [0.25, 0.3) is 0 Å². The lowest BCUT2D eigenvalue weighted by Gasteiger charge is -2.16. The first-order chi connectivity index (χ1) is 9.79. The molecule has 0 spiro atoms. The lowest BCUT2D eigenvalue weighted by Crippen LogP contribution is -2.07. The number of ether oxygens (including phenoxy) is 1. The van der Waals surface area contributed by atoms with Crippen LogP contribution in [0.1, 0.15) is 41.5 Å². The zero-order chi connectivity index (χ0) is 15.6. The molecule has 1 aromatic heterocycles. The topological polar surface area (TPSA) is 9.23 Å². The second-order valence-corrected chi connectivity index (χ2v) is 7.28. The summed E-state index contributed by atoms with van der Waals surface area (Å²) in [5, 5.41) is -0.499. The second-order valence-electron chi connectivity index (χ2n) is 5.73. The molecule has 0 aliphatic carbocycles. The standard InChI is InChI=1S/C16H17ClF2OS/c1-16(2,3)13-9-8-12(21-13)14(17)10-6-4-5-7-11(10)20-15(18)19/h4-9,14-15H,1-3H3. The Morgan fingerprint density at radius 2 is 1.76 bits per heavy atom. The Kier molecular flexibility index (Phi) is 4.89. The van der Waals surface area contributed by atoms with Gasteiger partial charge in [0.15, 0.2) is 0 Å². The molecule has 0 N–H and O–H groups in total. The largest absolute Gasteiger partial charge is 0.434 e. The summed E-state index contributed by atoms with van der Waals surface area (Å²) in [5.41, 5.74) is 0.597. The Balaban J connectivity index is 2.32. The van der Waals surface area contributed by atoms with Gasteiger partial charge in [0.2, 0.25) is 0 Å². The Hall–Kier alpha value is -1.13. The zero-order valence-corrected chi connectivity index (χ0v) is 13.6. The summed E-state index contributed by atoms with van der Waals surface area (Å²) in [6.45, 7) is 3.52. The van der Waals surface area contributed by atoms with E-state index in [9.17, 15) is 8.78 Å². The summed E-state index contributed by atoms with van der Waals surface area (Å²) in [6, 6.07) is 10.6. The fraction of sp³-hybridized carbons (Fsp3) is 0.375. The second kappa shape index (κ2) is 6.32. The molecule has 0 saturated carbocycles. The molecule has 21 heavy (non-hydrogen) atoms. The minimum absolute atomic E-state index is 0.0402. The van der Waals surface area contributed by atoms with Crippen LogP contribution < -0.4 is 4.74 Å². The predicted molar refractivity (Wildman–Crippen MR) is 83.8 cm³/mol. The summed E-state index contributed by atoms with van der Waals surface area (Å²) in [4.78, 5) is 2.13. The molecule has 2 aromatic rings. The molecular weight excluding hydrogens is 314 g/mol. The number of para-hydroxylation sites is 1. The summed E-state index contributed by atoms with van der Waals surface area (Å²) in [7, 11) is 0. The van der Waals surface area contributed by atoms with Gasteiger partial charge in [0.1, 0.15) is 5.75 Å². The van der Waals surface area contributed by atoms with E-state index >= 15 is 0 Å². The van der Waals surface area contributed by atoms with E-state index in [-0.39, 0.29) is 11.2 Å². The van der Waals surface area contributed by atoms with Crippen molar-refractivity contribution in [1.82, 2.24) is 0 Å². The van der Waals surface area contributed by atoms with Gasteiger partial charge in [0.05, 0.1) is 5.38 Å². The van der Waals surface area contributed by atoms with Crippen molar-refractivity contribution in [3.8, 4) is 5.75 Å². The quantitative estimate of drug-likeness (QED) is 0.627. The minimum Gasteiger partial charge on any atom is -0.434 e. The first-order valence-corrected chi connectivity index (χ1v) is 7.82. The maximum atomic E-state index is 12.5.